The maximum Gasteiger partial charge on any atom is 0.268 e. The van der Waals surface area contributed by atoms with Crippen molar-refractivity contribution in [2.75, 3.05) is 7.11 Å². The van der Waals surface area contributed by atoms with Gasteiger partial charge < -0.3 is 9.30 Å². The van der Waals surface area contributed by atoms with Crippen LogP contribution in [0.25, 0.3) is 21.8 Å². The van der Waals surface area contributed by atoms with E-state index in [2.05, 4.69) is 0 Å². The van der Waals surface area contributed by atoms with Gasteiger partial charge >= 0.3 is 0 Å². The van der Waals surface area contributed by atoms with Crippen LogP contribution in [0.2, 0.25) is 0 Å². The summed E-state index contributed by atoms with van der Waals surface area (Å²) in [6, 6.07) is 19.4. The second kappa shape index (κ2) is 7.64. The molecule has 2 heterocycles. The van der Waals surface area contributed by atoms with Crippen molar-refractivity contribution in [3.8, 4) is 5.75 Å². The van der Waals surface area contributed by atoms with Crippen LogP contribution in [-0.2, 0) is 17.1 Å². The van der Waals surface area contributed by atoms with Gasteiger partial charge in [0.15, 0.2) is 5.78 Å². The van der Waals surface area contributed by atoms with Gasteiger partial charge in [-0.15, -0.1) is 0 Å². The second-order valence-electron chi connectivity index (χ2n) is 8.04. The number of hydrogen-bond donors (Lipinski definition) is 0. The van der Waals surface area contributed by atoms with E-state index in [0.29, 0.717) is 27.8 Å². The highest BCUT2D eigenvalue weighted by Gasteiger charge is 2.26. The molecule has 0 amide bonds. The number of carbonyl (C=O) groups excluding carboxylic acids is 1. The number of rotatable bonds is 5. The van der Waals surface area contributed by atoms with Crippen LogP contribution in [0.15, 0.2) is 84.0 Å². The van der Waals surface area contributed by atoms with E-state index >= 15 is 0 Å². The Labute approximate surface area is 191 Å². The van der Waals surface area contributed by atoms with Crippen molar-refractivity contribution in [1.82, 2.24) is 8.54 Å². The first-order valence-corrected chi connectivity index (χ1v) is 11.9. The van der Waals surface area contributed by atoms with Crippen molar-refractivity contribution < 1.29 is 17.9 Å². The smallest absolute Gasteiger partial charge is 0.268 e. The minimum Gasteiger partial charge on any atom is -0.497 e. The van der Waals surface area contributed by atoms with E-state index < -0.39 is 10.0 Å². The summed E-state index contributed by atoms with van der Waals surface area (Å²) in [4.78, 5) is 13.9. The predicted molar refractivity (Wildman–Crippen MR) is 129 cm³/mol. The fourth-order valence-corrected chi connectivity index (χ4v) is 5.55. The van der Waals surface area contributed by atoms with Crippen molar-refractivity contribution in [3.63, 3.8) is 0 Å². The number of methoxy groups -OCH3 is 1. The maximum absolute atomic E-state index is 13.7. The molecule has 0 N–H and O–H groups in total. The van der Waals surface area contributed by atoms with Gasteiger partial charge in [-0.05, 0) is 43.3 Å². The van der Waals surface area contributed by atoms with Crippen LogP contribution < -0.4 is 4.74 Å². The van der Waals surface area contributed by atoms with Crippen LogP contribution in [0.5, 0.6) is 5.75 Å². The average Bonchev–Trinajstić information content (AvgIpc) is 3.37. The zero-order valence-corrected chi connectivity index (χ0v) is 19.3. The lowest BCUT2D eigenvalue weighted by Crippen LogP contribution is -2.12. The molecule has 5 aromatic rings. The summed E-state index contributed by atoms with van der Waals surface area (Å²) in [6.45, 7) is 1.90. The van der Waals surface area contributed by atoms with Gasteiger partial charge in [0.2, 0.25) is 0 Å². The van der Waals surface area contributed by atoms with Gasteiger partial charge in [-0.1, -0.05) is 35.9 Å². The Morgan fingerprint density at radius 3 is 2.27 bits per heavy atom. The number of para-hydroxylation sites is 1. The third-order valence-corrected chi connectivity index (χ3v) is 7.63. The Balaban J connectivity index is 1.76. The second-order valence-corrected chi connectivity index (χ2v) is 9.85. The largest absolute Gasteiger partial charge is 0.497 e. The lowest BCUT2D eigenvalue weighted by atomic mass is 10.0. The normalized spacial score (nSPS) is 11.8. The number of hydrogen-bond acceptors (Lipinski definition) is 4. The quantitative estimate of drug-likeness (QED) is 0.351. The van der Waals surface area contributed by atoms with E-state index in [1.807, 2.05) is 42.8 Å². The van der Waals surface area contributed by atoms with Gasteiger partial charge in [0.25, 0.3) is 10.0 Å². The first kappa shape index (κ1) is 21.0. The topological polar surface area (TPSA) is 70.3 Å². The minimum absolute atomic E-state index is 0.157. The molecule has 33 heavy (non-hydrogen) atoms. The molecule has 0 bridgehead atoms. The van der Waals surface area contributed by atoms with Gasteiger partial charge in [-0.2, -0.15) is 0 Å². The average molecular weight is 459 g/mol. The van der Waals surface area contributed by atoms with Gasteiger partial charge in [0.1, 0.15) is 5.75 Å². The summed E-state index contributed by atoms with van der Waals surface area (Å²) in [5.41, 5.74) is 3.12. The van der Waals surface area contributed by atoms with Crippen molar-refractivity contribution in [1.29, 1.82) is 0 Å². The summed E-state index contributed by atoms with van der Waals surface area (Å²) in [6.07, 6.45) is 3.20. The molecule has 7 heteroatoms. The van der Waals surface area contributed by atoms with E-state index in [4.69, 9.17) is 4.74 Å². The number of aromatic nitrogens is 2. The van der Waals surface area contributed by atoms with Gasteiger partial charge in [-0.3, -0.25) is 4.79 Å². The highest BCUT2D eigenvalue weighted by atomic mass is 32.2. The Kier molecular flexibility index (Phi) is 4.87. The van der Waals surface area contributed by atoms with Crippen molar-refractivity contribution in [2.45, 2.75) is 11.8 Å². The van der Waals surface area contributed by atoms with Crippen LogP contribution in [0, 0.1) is 6.92 Å². The summed E-state index contributed by atoms with van der Waals surface area (Å²) in [5.74, 6) is 0.294. The molecule has 0 fully saturated rings. The molecule has 0 aliphatic rings. The molecule has 0 unspecified atom stereocenters. The zero-order valence-electron chi connectivity index (χ0n) is 18.4. The Bertz CT molecular complexity index is 1640. The Hall–Kier alpha value is -3.84. The number of fused-ring (bicyclic) bond motifs is 2. The Morgan fingerprint density at radius 1 is 0.848 bits per heavy atom. The highest BCUT2D eigenvalue weighted by Crippen LogP contribution is 2.32. The first-order chi connectivity index (χ1) is 15.8. The van der Waals surface area contributed by atoms with Gasteiger partial charge in [0.05, 0.1) is 17.5 Å². The highest BCUT2D eigenvalue weighted by molar-refractivity contribution is 7.90. The molecule has 0 saturated carbocycles. The van der Waals surface area contributed by atoms with E-state index in [1.54, 1.807) is 48.7 Å². The monoisotopic (exact) mass is 458 g/mol. The van der Waals surface area contributed by atoms with Crippen molar-refractivity contribution >= 4 is 37.6 Å². The molecule has 5 rings (SSSR count). The molecule has 0 atom stereocenters. The Morgan fingerprint density at radius 2 is 1.55 bits per heavy atom. The van der Waals surface area contributed by atoms with Crippen molar-refractivity contribution in [2.24, 2.45) is 7.05 Å². The number of aryl methyl sites for hydroxylation is 2. The summed E-state index contributed by atoms with van der Waals surface area (Å²) < 4.78 is 35.5. The number of ketones is 1. The van der Waals surface area contributed by atoms with Crippen LogP contribution in [0.4, 0.5) is 0 Å². The molecule has 3 aromatic carbocycles. The standard InChI is InChI=1S/C26H22N2O4S/c1-17-8-11-19(12-9-17)33(30,31)28-16-23(21-14-18(32-3)10-13-25(21)28)26(29)22-15-27(2)24-7-5-4-6-20(22)24/h4-16H,1-3H3. The van der Waals surface area contributed by atoms with Crippen LogP contribution in [0.3, 0.4) is 0 Å². The fourth-order valence-electron chi connectivity index (χ4n) is 4.18. The first-order valence-electron chi connectivity index (χ1n) is 10.4. The lowest BCUT2D eigenvalue weighted by Gasteiger charge is -2.08. The molecule has 2 aromatic heterocycles. The molecule has 0 aliphatic carbocycles. The molecule has 0 aliphatic heterocycles. The van der Waals surface area contributed by atoms with Gasteiger partial charge in [-0.25, -0.2) is 12.4 Å². The fraction of sp³-hybridized carbons (Fsp3) is 0.115. The van der Waals surface area contributed by atoms with E-state index in [9.17, 15) is 13.2 Å². The van der Waals surface area contributed by atoms with Gasteiger partial charge in [0, 0.05) is 46.9 Å². The summed E-state index contributed by atoms with van der Waals surface area (Å²) >= 11 is 0. The molecule has 0 spiro atoms. The van der Waals surface area contributed by atoms with E-state index in [-0.39, 0.29) is 10.7 Å². The lowest BCUT2D eigenvalue weighted by molar-refractivity contribution is 0.104. The molecular formula is C26H22N2O4S. The zero-order chi connectivity index (χ0) is 23.3. The minimum atomic E-state index is -3.92. The van der Waals surface area contributed by atoms with Crippen molar-refractivity contribution in [3.05, 3.63) is 95.8 Å². The SMILES string of the molecule is COc1ccc2c(c1)c(C(=O)c1cn(C)c3ccccc13)cn2S(=O)(=O)c1ccc(C)cc1. The number of ether oxygens (including phenoxy) is 1. The predicted octanol–water partition coefficient (Wildman–Crippen LogP) is 4.92. The number of nitrogens with zero attached hydrogens (tertiary/aromatic N) is 2. The molecule has 6 nitrogen and oxygen atoms in total. The molecule has 0 radical (unpaired) electrons. The molecule has 0 saturated heterocycles. The third-order valence-electron chi connectivity index (χ3n) is 5.94. The molecular weight excluding hydrogens is 436 g/mol. The van der Waals surface area contributed by atoms with Crippen LogP contribution >= 0.6 is 0 Å². The summed E-state index contributed by atoms with van der Waals surface area (Å²) in [5, 5.41) is 1.33. The van der Waals surface area contributed by atoms with Crippen LogP contribution in [-0.4, -0.2) is 29.9 Å². The number of benzene rings is 3. The molecule has 166 valence electrons. The third kappa shape index (κ3) is 3.32. The number of carbonyl (C=O) groups is 1. The maximum atomic E-state index is 13.7. The van der Waals surface area contributed by atoms with E-state index in [0.717, 1.165) is 16.5 Å². The summed E-state index contributed by atoms with van der Waals surface area (Å²) in [7, 11) is -0.498. The van der Waals surface area contributed by atoms with Crippen LogP contribution in [0.1, 0.15) is 21.5 Å². The van der Waals surface area contributed by atoms with E-state index in [1.165, 1.54) is 17.3 Å².